The van der Waals surface area contributed by atoms with Gasteiger partial charge < -0.3 is 9.47 Å². The number of hydrogen-bond acceptors (Lipinski definition) is 4. The van der Waals surface area contributed by atoms with E-state index < -0.39 is 0 Å². The van der Waals surface area contributed by atoms with Gasteiger partial charge in [-0.15, -0.1) is 0 Å². The Bertz CT molecular complexity index is 860. The molecule has 0 atom stereocenters. The second kappa shape index (κ2) is 7.58. The van der Waals surface area contributed by atoms with Gasteiger partial charge >= 0.3 is 0 Å². The van der Waals surface area contributed by atoms with Gasteiger partial charge in [-0.25, -0.2) is 4.98 Å². The van der Waals surface area contributed by atoms with Crippen LogP contribution in [-0.4, -0.2) is 38.7 Å². The Morgan fingerprint density at radius 2 is 1.77 bits per heavy atom. The van der Waals surface area contributed by atoms with Crippen molar-refractivity contribution in [2.24, 2.45) is 5.92 Å². The minimum Gasteiger partial charge on any atom is -0.314 e. The van der Waals surface area contributed by atoms with E-state index in [4.69, 9.17) is 0 Å². The second-order valence-electron chi connectivity index (χ2n) is 7.60. The third-order valence-corrected chi connectivity index (χ3v) is 5.61. The maximum absolute atomic E-state index is 12.3. The molecule has 1 saturated heterocycles. The third-order valence-electron chi connectivity index (χ3n) is 5.61. The van der Waals surface area contributed by atoms with Crippen LogP contribution in [-0.2, 0) is 13.1 Å². The average Bonchev–Trinajstić information content (AvgIpc) is 3.49. The molecule has 1 aliphatic heterocycles. The van der Waals surface area contributed by atoms with Crippen LogP contribution in [0.15, 0.2) is 46.4 Å². The lowest BCUT2D eigenvalue weighted by atomic mass is 9.96. The van der Waals surface area contributed by atoms with Crippen LogP contribution in [0.1, 0.15) is 37.3 Å². The van der Waals surface area contributed by atoms with Crippen LogP contribution in [0.2, 0.25) is 0 Å². The van der Waals surface area contributed by atoms with Gasteiger partial charge in [0.15, 0.2) is 0 Å². The van der Waals surface area contributed by atoms with Crippen molar-refractivity contribution < 1.29 is 0 Å². The molecule has 26 heavy (non-hydrogen) atoms. The standard InChI is InChI=1S/C20H26N4O2/c25-19-3-1-2-8-23(19)12-11-22-9-6-16(7-10-22)14-24-15-21-18(13-20(24)26)17-4-5-17/h1-3,8,13,15-17H,4-7,9-12,14H2. The van der Waals surface area contributed by atoms with Gasteiger partial charge in [-0.05, 0) is 50.8 Å². The number of piperidine rings is 1. The zero-order valence-corrected chi connectivity index (χ0v) is 15.1. The fourth-order valence-corrected chi connectivity index (χ4v) is 3.74. The smallest absolute Gasteiger partial charge is 0.253 e. The summed E-state index contributed by atoms with van der Waals surface area (Å²) >= 11 is 0. The molecule has 0 bridgehead atoms. The summed E-state index contributed by atoms with van der Waals surface area (Å²) in [5.74, 6) is 1.05. The molecule has 0 amide bonds. The Hall–Kier alpha value is -2.21. The fraction of sp³-hybridized carbons (Fsp3) is 0.550. The van der Waals surface area contributed by atoms with Gasteiger partial charge in [-0.2, -0.15) is 0 Å². The highest BCUT2D eigenvalue weighted by molar-refractivity contribution is 5.12. The Kier molecular flexibility index (Phi) is 5.02. The van der Waals surface area contributed by atoms with Crippen LogP contribution in [0.25, 0.3) is 0 Å². The molecule has 138 valence electrons. The van der Waals surface area contributed by atoms with Gasteiger partial charge in [-0.1, -0.05) is 6.07 Å². The fourth-order valence-electron chi connectivity index (χ4n) is 3.74. The van der Waals surface area contributed by atoms with E-state index in [2.05, 4.69) is 9.88 Å². The molecule has 1 aliphatic carbocycles. The molecule has 2 aromatic rings. The van der Waals surface area contributed by atoms with Crippen LogP contribution in [0, 0.1) is 5.92 Å². The monoisotopic (exact) mass is 354 g/mol. The van der Waals surface area contributed by atoms with E-state index in [0.29, 0.717) is 11.8 Å². The summed E-state index contributed by atoms with van der Waals surface area (Å²) in [6.45, 7) is 4.44. The maximum Gasteiger partial charge on any atom is 0.253 e. The van der Waals surface area contributed by atoms with Gasteiger partial charge in [-0.3, -0.25) is 14.2 Å². The van der Waals surface area contributed by atoms with E-state index in [1.165, 1.54) is 12.8 Å². The second-order valence-corrected chi connectivity index (χ2v) is 7.60. The topological polar surface area (TPSA) is 60.1 Å². The molecule has 3 heterocycles. The Morgan fingerprint density at radius 1 is 0.962 bits per heavy atom. The van der Waals surface area contributed by atoms with Gasteiger partial charge in [0.25, 0.3) is 11.1 Å². The third kappa shape index (κ3) is 4.12. The highest BCUT2D eigenvalue weighted by atomic mass is 16.1. The lowest BCUT2D eigenvalue weighted by molar-refractivity contribution is 0.167. The number of hydrogen-bond donors (Lipinski definition) is 0. The van der Waals surface area contributed by atoms with Crippen molar-refractivity contribution in [1.29, 1.82) is 0 Å². The molecular formula is C20H26N4O2. The molecule has 2 fully saturated rings. The summed E-state index contributed by atoms with van der Waals surface area (Å²) in [4.78, 5) is 30.9. The number of aromatic nitrogens is 3. The Labute approximate surface area is 153 Å². The van der Waals surface area contributed by atoms with Crippen LogP contribution >= 0.6 is 0 Å². The van der Waals surface area contributed by atoms with Crippen molar-refractivity contribution >= 4 is 0 Å². The molecule has 2 aliphatic rings. The van der Waals surface area contributed by atoms with Crippen molar-refractivity contribution in [3.63, 3.8) is 0 Å². The largest absolute Gasteiger partial charge is 0.314 e. The summed E-state index contributed by atoms with van der Waals surface area (Å²) in [7, 11) is 0. The quantitative estimate of drug-likeness (QED) is 0.792. The van der Waals surface area contributed by atoms with Gasteiger partial charge in [0.05, 0.1) is 12.0 Å². The highest BCUT2D eigenvalue weighted by Crippen LogP contribution is 2.38. The van der Waals surface area contributed by atoms with Crippen LogP contribution in [0.5, 0.6) is 0 Å². The summed E-state index contributed by atoms with van der Waals surface area (Å²) in [6.07, 6.45) is 8.10. The average molecular weight is 354 g/mol. The molecule has 0 radical (unpaired) electrons. The molecule has 6 nitrogen and oxygen atoms in total. The summed E-state index contributed by atoms with van der Waals surface area (Å²) in [5, 5.41) is 0. The zero-order valence-electron chi connectivity index (χ0n) is 15.1. The first-order valence-corrected chi connectivity index (χ1v) is 9.63. The van der Waals surface area contributed by atoms with E-state index in [0.717, 1.165) is 51.3 Å². The summed E-state index contributed by atoms with van der Waals surface area (Å²) < 4.78 is 3.54. The summed E-state index contributed by atoms with van der Waals surface area (Å²) in [5.41, 5.74) is 1.12. The highest BCUT2D eigenvalue weighted by Gasteiger charge is 2.26. The van der Waals surface area contributed by atoms with Gasteiger partial charge in [0, 0.05) is 43.9 Å². The number of rotatable bonds is 6. The van der Waals surface area contributed by atoms with E-state index >= 15 is 0 Å². The van der Waals surface area contributed by atoms with Crippen molar-refractivity contribution in [2.45, 2.75) is 44.7 Å². The zero-order chi connectivity index (χ0) is 17.9. The van der Waals surface area contributed by atoms with Gasteiger partial charge in [0.1, 0.15) is 0 Å². The van der Waals surface area contributed by atoms with Crippen LogP contribution in [0.3, 0.4) is 0 Å². The SMILES string of the molecule is O=c1ccccn1CCN1CCC(Cn2cnc(C3CC3)cc2=O)CC1. The number of pyridine rings is 1. The van der Waals surface area contributed by atoms with Crippen molar-refractivity contribution in [3.05, 3.63) is 63.2 Å². The normalized spacial score (nSPS) is 18.9. The predicted molar refractivity (Wildman–Crippen MR) is 100 cm³/mol. The van der Waals surface area contributed by atoms with E-state index in [1.807, 2.05) is 12.3 Å². The number of likely N-dealkylation sites (tertiary alicyclic amines) is 1. The molecular weight excluding hydrogens is 328 g/mol. The first-order chi connectivity index (χ1) is 12.7. The van der Waals surface area contributed by atoms with Crippen LogP contribution < -0.4 is 11.1 Å². The molecule has 2 aromatic heterocycles. The minimum atomic E-state index is 0.0592. The first-order valence-electron chi connectivity index (χ1n) is 9.63. The summed E-state index contributed by atoms with van der Waals surface area (Å²) in [6, 6.07) is 7.00. The lowest BCUT2D eigenvalue weighted by Crippen LogP contribution is -2.38. The molecule has 4 rings (SSSR count). The number of nitrogens with zero attached hydrogens (tertiary/aromatic N) is 4. The van der Waals surface area contributed by atoms with Gasteiger partial charge in [0.2, 0.25) is 0 Å². The Balaban J connectivity index is 1.26. The maximum atomic E-state index is 12.3. The molecule has 6 heteroatoms. The molecule has 1 saturated carbocycles. The molecule has 0 N–H and O–H groups in total. The van der Waals surface area contributed by atoms with E-state index in [1.54, 1.807) is 33.7 Å². The minimum absolute atomic E-state index is 0.0592. The van der Waals surface area contributed by atoms with Crippen molar-refractivity contribution in [2.75, 3.05) is 19.6 Å². The lowest BCUT2D eigenvalue weighted by Gasteiger charge is -2.32. The predicted octanol–water partition coefficient (Wildman–Crippen LogP) is 1.69. The molecule has 0 aromatic carbocycles. The molecule has 0 spiro atoms. The van der Waals surface area contributed by atoms with Crippen molar-refractivity contribution in [1.82, 2.24) is 19.0 Å². The van der Waals surface area contributed by atoms with E-state index in [9.17, 15) is 9.59 Å². The van der Waals surface area contributed by atoms with E-state index in [-0.39, 0.29) is 11.1 Å². The molecule has 0 unspecified atom stereocenters. The first kappa shape index (κ1) is 17.2. The van der Waals surface area contributed by atoms with Crippen LogP contribution in [0.4, 0.5) is 0 Å². The Morgan fingerprint density at radius 3 is 2.46 bits per heavy atom. The van der Waals surface area contributed by atoms with Crippen molar-refractivity contribution in [3.8, 4) is 0 Å².